The first-order valence-corrected chi connectivity index (χ1v) is 12.0. The molecule has 0 radical (unpaired) electrons. The molecule has 0 amide bonds. The van der Waals surface area contributed by atoms with Crippen molar-refractivity contribution in [3.05, 3.63) is 0 Å². The predicted molar refractivity (Wildman–Crippen MR) is 101 cm³/mol. The van der Waals surface area contributed by atoms with Gasteiger partial charge in [-0.15, -0.1) is 0 Å². The molecule has 0 saturated heterocycles. The number of phosphoric acid groups is 1. The second-order valence-electron chi connectivity index (χ2n) is 6.18. The molecule has 0 aliphatic heterocycles. The molecule has 0 spiro atoms. The molecule has 140 valence electrons. The summed E-state index contributed by atoms with van der Waals surface area (Å²) in [5.74, 6) is 2.06. The molecule has 4 nitrogen and oxygen atoms in total. The van der Waals surface area contributed by atoms with Gasteiger partial charge in [-0.3, -0.25) is 4.52 Å². The lowest BCUT2D eigenvalue weighted by Gasteiger charge is -2.05. The normalized spacial score (nSPS) is 12.0. The van der Waals surface area contributed by atoms with E-state index in [0.29, 0.717) is 6.42 Å². The van der Waals surface area contributed by atoms with Crippen molar-refractivity contribution in [3.8, 4) is 0 Å². The highest BCUT2D eigenvalue weighted by molar-refractivity contribution is 7.99. The Bertz CT molecular complexity index is 284. The summed E-state index contributed by atoms with van der Waals surface area (Å²) in [5.41, 5.74) is 0. The summed E-state index contributed by atoms with van der Waals surface area (Å²) in [6.07, 6.45) is 17.2. The van der Waals surface area contributed by atoms with E-state index in [-0.39, 0.29) is 6.61 Å². The van der Waals surface area contributed by atoms with Gasteiger partial charge in [0.25, 0.3) is 0 Å². The van der Waals surface area contributed by atoms with E-state index in [9.17, 15) is 4.57 Å². The smallest absolute Gasteiger partial charge is 0.303 e. The van der Waals surface area contributed by atoms with Crippen LogP contribution >= 0.6 is 19.6 Å². The number of rotatable bonds is 18. The molecule has 23 heavy (non-hydrogen) atoms. The second kappa shape index (κ2) is 17.3. The Morgan fingerprint density at radius 1 is 0.739 bits per heavy atom. The van der Waals surface area contributed by atoms with Gasteiger partial charge in [-0.25, -0.2) is 4.57 Å². The molecule has 0 unspecified atom stereocenters. The first-order valence-electron chi connectivity index (χ1n) is 9.34. The van der Waals surface area contributed by atoms with Gasteiger partial charge in [0.15, 0.2) is 0 Å². The molecule has 0 aromatic rings. The van der Waals surface area contributed by atoms with Crippen molar-refractivity contribution >= 4 is 19.6 Å². The van der Waals surface area contributed by atoms with Crippen molar-refractivity contribution in [3.63, 3.8) is 0 Å². The number of phosphoric ester groups is 1. The number of hydrogen-bond donors (Lipinski definition) is 2. The molecule has 2 N–H and O–H groups in total. The van der Waals surface area contributed by atoms with Crippen molar-refractivity contribution in [1.82, 2.24) is 0 Å². The summed E-state index contributed by atoms with van der Waals surface area (Å²) in [6.45, 7) is 2.41. The molecule has 0 fully saturated rings. The second-order valence-corrected chi connectivity index (χ2v) is 8.64. The summed E-state index contributed by atoms with van der Waals surface area (Å²) >= 11 is 1.85. The van der Waals surface area contributed by atoms with Gasteiger partial charge in [0, 0.05) is 0 Å². The molecule has 0 saturated carbocycles. The molecule has 0 aliphatic rings. The van der Waals surface area contributed by atoms with Gasteiger partial charge < -0.3 is 9.79 Å². The van der Waals surface area contributed by atoms with E-state index in [4.69, 9.17) is 9.79 Å². The summed E-state index contributed by atoms with van der Waals surface area (Å²) in [5, 5.41) is 0. The summed E-state index contributed by atoms with van der Waals surface area (Å²) in [6, 6.07) is 0. The quantitative estimate of drug-likeness (QED) is 0.232. The Hall–Kier alpha value is 0.460. The Morgan fingerprint density at radius 2 is 1.17 bits per heavy atom. The van der Waals surface area contributed by atoms with Crippen LogP contribution in [0.15, 0.2) is 0 Å². The van der Waals surface area contributed by atoms with Crippen LogP contribution in [0.3, 0.4) is 0 Å². The standard InChI is InChI=1S/C17H37O4PS/c1-2-3-4-5-6-7-8-9-10-11-12-13-16-23-17-14-15-21-22(18,19)20/h2-17H2,1H3,(H2,18,19,20). The van der Waals surface area contributed by atoms with Crippen LogP contribution in [0.1, 0.15) is 90.4 Å². The largest absolute Gasteiger partial charge is 0.469 e. The third-order valence-corrected chi connectivity index (χ3v) is 5.51. The van der Waals surface area contributed by atoms with Crippen LogP contribution < -0.4 is 0 Å². The minimum atomic E-state index is -4.26. The van der Waals surface area contributed by atoms with Crippen molar-refractivity contribution in [2.75, 3.05) is 18.1 Å². The minimum absolute atomic E-state index is 0.149. The molecule has 0 atom stereocenters. The molecule has 0 aliphatic carbocycles. The maximum atomic E-state index is 10.5. The van der Waals surface area contributed by atoms with Crippen LogP contribution in [-0.4, -0.2) is 27.9 Å². The van der Waals surface area contributed by atoms with E-state index in [2.05, 4.69) is 11.4 Å². The van der Waals surface area contributed by atoms with Crippen LogP contribution in [0.25, 0.3) is 0 Å². The van der Waals surface area contributed by atoms with E-state index in [1.807, 2.05) is 11.8 Å². The van der Waals surface area contributed by atoms with Gasteiger partial charge >= 0.3 is 7.82 Å². The van der Waals surface area contributed by atoms with Crippen LogP contribution in [0, 0.1) is 0 Å². The Morgan fingerprint density at radius 3 is 1.65 bits per heavy atom. The lowest BCUT2D eigenvalue weighted by atomic mass is 10.1. The first-order chi connectivity index (χ1) is 11.1. The fourth-order valence-electron chi connectivity index (χ4n) is 2.49. The van der Waals surface area contributed by atoms with Gasteiger partial charge in [0.1, 0.15) is 0 Å². The van der Waals surface area contributed by atoms with Gasteiger partial charge in [-0.05, 0) is 24.3 Å². The van der Waals surface area contributed by atoms with Gasteiger partial charge in [-0.1, -0.05) is 77.6 Å². The fraction of sp³-hybridized carbons (Fsp3) is 1.00. The van der Waals surface area contributed by atoms with Crippen molar-refractivity contribution in [2.24, 2.45) is 0 Å². The zero-order chi connectivity index (χ0) is 17.2. The van der Waals surface area contributed by atoms with Crippen LogP contribution in [-0.2, 0) is 9.09 Å². The van der Waals surface area contributed by atoms with Gasteiger partial charge in [0.2, 0.25) is 0 Å². The Balaban J connectivity index is 3.01. The van der Waals surface area contributed by atoms with E-state index < -0.39 is 7.82 Å². The highest BCUT2D eigenvalue weighted by Gasteiger charge is 2.12. The van der Waals surface area contributed by atoms with E-state index in [0.717, 1.165) is 11.5 Å². The maximum absolute atomic E-state index is 10.5. The first kappa shape index (κ1) is 23.5. The molecule has 0 aromatic heterocycles. The highest BCUT2D eigenvalue weighted by atomic mass is 32.2. The average Bonchev–Trinajstić information content (AvgIpc) is 2.49. The van der Waals surface area contributed by atoms with Crippen LogP contribution in [0.5, 0.6) is 0 Å². The lowest BCUT2D eigenvalue weighted by molar-refractivity contribution is 0.198. The maximum Gasteiger partial charge on any atom is 0.469 e. The lowest BCUT2D eigenvalue weighted by Crippen LogP contribution is -1.94. The molecular weight excluding hydrogens is 331 g/mol. The zero-order valence-electron chi connectivity index (χ0n) is 14.9. The highest BCUT2D eigenvalue weighted by Crippen LogP contribution is 2.35. The Labute approximate surface area is 147 Å². The van der Waals surface area contributed by atoms with E-state index >= 15 is 0 Å². The zero-order valence-corrected chi connectivity index (χ0v) is 16.6. The summed E-state index contributed by atoms with van der Waals surface area (Å²) < 4.78 is 14.9. The van der Waals surface area contributed by atoms with Gasteiger partial charge in [-0.2, -0.15) is 11.8 Å². The van der Waals surface area contributed by atoms with E-state index in [1.165, 1.54) is 77.0 Å². The monoisotopic (exact) mass is 368 g/mol. The van der Waals surface area contributed by atoms with Crippen molar-refractivity contribution in [1.29, 1.82) is 0 Å². The van der Waals surface area contributed by atoms with Crippen molar-refractivity contribution in [2.45, 2.75) is 90.4 Å². The third-order valence-electron chi connectivity index (χ3n) is 3.83. The molecule has 0 bridgehead atoms. The van der Waals surface area contributed by atoms with E-state index in [1.54, 1.807) is 0 Å². The minimum Gasteiger partial charge on any atom is -0.303 e. The molecule has 0 heterocycles. The summed E-state index contributed by atoms with van der Waals surface area (Å²) in [4.78, 5) is 17.1. The Kier molecular flexibility index (Phi) is 17.6. The number of thioether (sulfide) groups is 1. The van der Waals surface area contributed by atoms with Crippen molar-refractivity contribution < 1.29 is 18.9 Å². The van der Waals surface area contributed by atoms with Crippen LogP contribution in [0.2, 0.25) is 0 Å². The summed E-state index contributed by atoms with van der Waals surface area (Å²) in [7, 11) is -4.26. The third kappa shape index (κ3) is 22.5. The van der Waals surface area contributed by atoms with Gasteiger partial charge in [0.05, 0.1) is 6.61 Å². The predicted octanol–water partition coefficient (Wildman–Crippen LogP) is 5.92. The number of hydrogen-bond acceptors (Lipinski definition) is 3. The molecule has 6 heteroatoms. The number of unbranched alkanes of at least 4 members (excludes halogenated alkanes) is 11. The molecule has 0 rings (SSSR count). The molecular formula is C17H37O4PS. The fourth-order valence-corrected chi connectivity index (χ4v) is 3.79. The average molecular weight is 369 g/mol. The topological polar surface area (TPSA) is 66.8 Å². The SMILES string of the molecule is CCCCCCCCCCCCCCSCCCOP(=O)(O)O. The molecule has 0 aromatic carbocycles. The van der Waals surface area contributed by atoms with Crippen LogP contribution in [0.4, 0.5) is 0 Å².